The molecule has 4 nitrogen and oxygen atoms in total. The van der Waals surface area contributed by atoms with E-state index in [-0.39, 0.29) is 11.9 Å². The number of aryl methyl sites for hydroxylation is 1. The molecule has 1 rings (SSSR count). The summed E-state index contributed by atoms with van der Waals surface area (Å²) in [6, 6.07) is 4.78. The predicted octanol–water partition coefficient (Wildman–Crippen LogP) is 2.35. The zero-order chi connectivity index (χ0) is 12.8. The van der Waals surface area contributed by atoms with Crippen molar-refractivity contribution < 1.29 is 19.1 Å². The summed E-state index contributed by atoms with van der Waals surface area (Å²) in [4.78, 5) is 23.0. The Kier molecular flexibility index (Phi) is 4.69. The summed E-state index contributed by atoms with van der Waals surface area (Å²) < 4.78 is 9.78. The third-order valence-corrected chi connectivity index (χ3v) is 2.23. The molecule has 0 aliphatic carbocycles. The summed E-state index contributed by atoms with van der Waals surface area (Å²) in [5.74, 6) is -0.758. The van der Waals surface area contributed by atoms with Crippen LogP contribution in [-0.2, 0) is 9.47 Å². The first-order valence-corrected chi connectivity index (χ1v) is 5.55. The van der Waals surface area contributed by atoms with E-state index in [0.29, 0.717) is 29.9 Å². The van der Waals surface area contributed by atoms with Crippen LogP contribution in [0.2, 0.25) is 0 Å². The highest BCUT2D eigenvalue weighted by Crippen LogP contribution is 2.13. The van der Waals surface area contributed by atoms with Crippen LogP contribution in [0.1, 0.15) is 40.1 Å². The van der Waals surface area contributed by atoms with E-state index in [2.05, 4.69) is 0 Å². The van der Waals surface area contributed by atoms with Crippen molar-refractivity contribution in [1.82, 2.24) is 0 Å². The van der Waals surface area contributed by atoms with E-state index >= 15 is 0 Å². The Hall–Kier alpha value is -1.84. The molecule has 0 N–H and O–H groups in total. The van der Waals surface area contributed by atoms with Gasteiger partial charge in [-0.25, -0.2) is 9.59 Å². The van der Waals surface area contributed by atoms with Crippen LogP contribution in [0.4, 0.5) is 0 Å². The summed E-state index contributed by atoms with van der Waals surface area (Å²) >= 11 is 0. The summed E-state index contributed by atoms with van der Waals surface area (Å²) in [5, 5.41) is 0. The average Bonchev–Trinajstić information content (AvgIpc) is 2.29. The monoisotopic (exact) mass is 236 g/mol. The number of esters is 2. The molecule has 0 aromatic heterocycles. The molecule has 0 atom stereocenters. The number of hydrogen-bond donors (Lipinski definition) is 0. The van der Waals surface area contributed by atoms with Gasteiger partial charge in [0.1, 0.15) is 0 Å². The lowest BCUT2D eigenvalue weighted by molar-refractivity contribution is 0.0510. The lowest BCUT2D eigenvalue weighted by Gasteiger charge is -2.07. The van der Waals surface area contributed by atoms with Crippen molar-refractivity contribution in [3.05, 3.63) is 34.9 Å². The smallest absolute Gasteiger partial charge is 0.338 e. The van der Waals surface area contributed by atoms with Gasteiger partial charge in [0.05, 0.1) is 24.3 Å². The highest BCUT2D eigenvalue weighted by atomic mass is 16.5. The Morgan fingerprint density at radius 3 is 2.18 bits per heavy atom. The molecule has 0 spiro atoms. The van der Waals surface area contributed by atoms with Crippen LogP contribution in [0, 0.1) is 6.92 Å². The van der Waals surface area contributed by atoms with Crippen molar-refractivity contribution in [3.8, 4) is 0 Å². The van der Waals surface area contributed by atoms with Gasteiger partial charge in [-0.05, 0) is 44.5 Å². The Morgan fingerprint density at radius 1 is 1.06 bits per heavy atom. The number of hydrogen-bond acceptors (Lipinski definition) is 4. The number of ether oxygens (including phenoxy) is 2. The highest BCUT2D eigenvalue weighted by molar-refractivity contribution is 5.94. The lowest BCUT2D eigenvalue weighted by Crippen LogP contribution is -2.09. The molecular formula is C13H16O4. The molecule has 1 aromatic rings. The average molecular weight is 236 g/mol. The molecule has 17 heavy (non-hydrogen) atoms. The first-order chi connectivity index (χ1) is 8.10. The van der Waals surface area contributed by atoms with Crippen molar-refractivity contribution in [2.24, 2.45) is 0 Å². The Labute approximate surface area is 101 Å². The highest BCUT2D eigenvalue weighted by Gasteiger charge is 2.13. The van der Waals surface area contributed by atoms with E-state index in [1.165, 1.54) is 0 Å². The molecule has 0 aliphatic heterocycles. The Morgan fingerprint density at radius 2 is 1.65 bits per heavy atom. The normalized spacial score (nSPS) is 9.82. The first-order valence-electron chi connectivity index (χ1n) is 5.55. The van der Waals surface area contributed by atoms with E-state index in [4.69, 9.17) is 9.47 Å². The molecule has 1 aromatic carbocycles. The Balaban J connectivity index is 2.93. The molecule has 0 radical (unpaired) electrons. The van der Waals surface area contributed by atoms with Crippen LogP contribution in [0.3, 0.4) is 0 Å². The van der Waals surface area contributed by atoms with E-state index in [1.54, 1.807) is 39.0 Å². The van der Waals surface area contributed by atoms with Gasteiger partial charge in [-0.1, -0.05) is 0 Å². The fraction of sp³-hybridized carbons (Fsp3) is 0.385. The first kappa shape index (κ1) is 13.2. The zero-order valence-corrected chi connectivity index (χ0v) is 10.3. The fourth-order valence-electron chi connectivity index (χ4n) is 1.44. The van der Waals surface area contributed by atoms with Crippen LogP contribution in [0.25, 0.3) is 0 Å². The van der Waals surface area contributed by atoms with E-state index in [9.17, 15) is 9.59 Å². The number of carbonyl (C=O) groups is 2. The summed E-state index contributed by atoms with van der Waals surface area (Å²) in [6.07, 6.45) is 0. The van der Waals surface area contributed by atoms with Gasteiger partial charge < -0.3 is 9.47 Å². The van der Waals surface area contributed by atoms with Crippen molar-refractivity contribution >= 4 is 11.9 Å². The number of carbonyl (C=O) groups excluding carboxylic acids is 2. The van der Waals surface area contributed by atoms with Gasteiger partial charge >= 0.3 is 11.9 Å². The minimum atomic E-state index is -0.383. The van der Waals surface area contributed by atoms with Gasteiger partial charge in [0.15, 0.2) is 0 Å². The minimum absolute atomic E-state index is 0.331. The molecule has 0 saturated heterocycles. The maximum absolute atomic E-state index is 11.5. The number of benzene rings is 1. The van der Waals surface area contributed by atoms with Gasteiger partial charge in [-0.3, -0.25) is 0 Å². The fourth-order valence-corrected chi connectivity index (χ4v) is 1.44. The standard InChI is InChI=1S/C13H16O4/c1-4-16-12(14)10-6-7-11(9(3)8-10)13(15)17-5-2/h6-8H,4-5H2,1-3H3. The molecule has 0 unspecified atom stereocenters. The Bertz CT molecular complexity index is 423. The van der Waals surface area contributed by atoms with Crippen molar-refractivity contribution in [1.29, 1.82) is 0 Å². The molecule has 0 bridgehead atoms. The van der Waals surface area contributed by atoms with Crippen LogP contribution in [-0.4, -0.2) is 25.2 Å². The van der Waals surface area contributed by atoms with Crippen molar-refractivity contribution in [2.75, 3.05) is 13.2 Å². The van der Waals surface area contributed by atoms with Crippen molar-refractivity contribution in [3.63, 3.8) is 0 Å². The molecule has 0 fully saturated rings. The molecule has 92 valence electrons. The van der Waals surface area contributed by atoms with Crippen LogP contribution in [0.15, 0.2) is 18.2 Å². The quantitative estimate of drug-likeness (QED) is 0.753. The molecular weight excluding hydrogens is 220 g/mol. The van der Waals surface area contributed by atoms with E-state index in [1.807, 2.05) is 0 Å². The summed E-state index contributed by atoms with van der Waals surface area (Å²) in [6.45, 7) is 5.92. The zero-order valence-electron chi connectivity index (χ0n) is 10.3. The molecule has 4 heteroatoms. The van der Waals surface area contributed by atoms with Crippen molar-refractivity contribution in [2.45, 2.75) is 20.8 Å². The summed E-state index contributed by atoms with van der Waals surface area (Å²) in [7, 11) is 0. The van der Waals surface area contributed by atoms with Crippen LogP contribution < -0.4 is 0 Å². The van der Waals surface area contributed by atoms with Crippen LogP contribution >= 0.6 is 0 Å². The topological polar surface area (TPSA) is 52.6 Å². The SMILES string of the molecule is CCOC(=O)c1ccc(C(=O)OCC)c(C)c1. The lowest BCUT2D eigenvalue weighted by atomic mass is 10.1. The van der Waals surface area contributed by atoms with Crippen LogP contribution in [0.5, 0.6) is 0 Å². The predicted molar refractivity (Wildman–Crippen MR) is 63.1 cm³/mol. The molecule has 0 amide bonds. The third kappa shape index (κ3) is 3.31. The molecule has 0 saturated carbocycles. The largest absolute Gasteiger partial charge is 0.462 e. The van der Waals surface area contributed by atoms with Gasteiger partial charge in [0.25, 0.3) is 0 Å². The molecule has 0 aliphatic rings. The number of rotatable bonds is 4. The van der Waals surface area contributed by atoms with E-state index in [0.717, 1.165) is 0 Å². The summed E-state index contributed by atoms with van der Waals surface area (Å²) in [5.41, 5.74) is 1.62. The van der Waals surface area contributed by atoms with Gasteiger partial charge in [0, 0.05) is 0 Å². The second kappa shape index (κ2) is 6.03. The maximum Gasteiger partial charge on any atom is 0.338 e. The minimum Gasteiger partial charge on any atom is -0.462 e. The van der Waals surface area contributed by atoms with Gasteiger partial charge in [0.2, 0.25) is 0 Å². The van der Waals surface area contributed by atoms with Gasteiger partial charge in [-0.15, -0.1) is 0 Å². The second-order valence-corrected chi connectivity index (χ2v) is 3.47. The van der Waals surface area contributed by atoms with Gasteiger partial charge in [-0.2, -0.15) is 0 Å². The third-order valence-electron chi connectivity index (χ3n) is 2.23. The van der Waals surface area contributed by atoms with E-state index < -0.39 is 0 Å². The second-order valence-electron chi connectivity index (χ2n) is 3.47. The molecule has 0 heterocycles. The maximum atomic E-state index is 11.5.